The number of nitrogens with one attached hydrogen (secondary N) is 3. The molecule has 0 fully saturated rings. The lowest BCUT2D eigenvalue weighted by molar-refractivity contribution is -0.121. The van der Waals surface area contributed by atoms with E-state index in [9.17, 15) is 9.59 Å². The highest BCUT2D eigenvalue weighted by molar-refractivity contribution is 5.76. The Bertz CT molecular complexity index is 961. The molecule has 0 bridgehead atoms. The number of aromatic amines is 2. The van der Waals surface area contributed by atoms with Crippen LogP contribution in [0.5, 0.6) is 5.88 Å². The second-order valence-electron chi connectivity index (χ2n) is 6.41. The number of nitrogens with zero attached hydrogens (tertiary/aromatic N) is 1. The van der Waals surface area contributed by atoms with Crippen LogP contribution in [0.3, 0.4) is 0 Å². The number of carbonyl (C=O) groups is 1. The summed E-state index contributed by atoms with van der Waals surface area (Å²) in [6, 6.07) is 9.53. The average molecular weight is 368 g/mol. The lowest BCUT2D eigenvalue weighted by atomic mass is 10.1. The number of fused-ring (bicyclic) bond motifs is 1. The van der Waals surface area contributed by atoms with Gasteiger partial charge in [-0.1, -0.05) is 19.1 Å². The maximum absolute atomic E-state index is 12.1. The van der Waals surface area contributed by atoms with E-state index >= 15 is 0 Å². The van der Waals surface area contributed by atoms with E-state index in [0.717, 1.165) is 41.4 Å². The fourth-order valence-corrected chi connectivity index (χ4v) is 2.86. The van der Waals surface area contributed by atoms with Gasteiger partial charge < -0.3 is 20.0 Å². The molecule has 2 aromatic heterocycles. The molecule has 0 unspecified atom stereocenters. The molecular weight excluding hydrogens is 344 g/mol. The number of rotatable bonds is 9. The highest BCUT2D eigenvalue weighted by Crippen LogP contribution is 2.15. The first-order chi connectivity index (χ1) is 13.2. The van der Waals surface area contributed by atoms with Crippen LogP contribution in [0.4, 0.5) is 0 Å². The Hall–Kier alpha value is -3.09. The van der Waals surface area contributed by atoms with Gasteiger partial charge in [0.2, 0.25) is 11.8 Å². The first kappa shape index (κ1) is 18.7. The molecule has 0 aliphatic rings. The largest absolute Gasteiger partial charge is 0.477 e. The molecule has 142 valence electrons. The average Bonchev–Trinajstić information content (AvgIpc) is 3.04. The van der Waals surface area contributed by atoms with Crippen molar-refractivity contribution in [1.29, 1.82) is 0 Å². The third-order valence-electron chi connectivity index (χ3n) is 4.22. The summed E-state index contributed by atoms with van der Waals surface area (Å²) in [5.74, 6) is 0.574. The van der Waals surface area contributed by atoms with Crippen LogP contribution in [0.25, 0.3) is 11.0 Å². The van der Waals surface area contributed by atoms with Crippen LogP contribution in [-0.4, -0.2) is 27.5 Å². The van der Waals surface area contributed by atoms with Crippen LogP contribution < -0.4 is 15.7 Å². The van der Waals surface area contributed by atoms with Crippen LogP contribution in [0.15, 0.2) is 41.3 Å². The number of aryl methyl sites for hydroxylation is 1. The van der Waals surface area contributed by atoms with Gasteiger partial charge in [0, 0.05) is 24.7 Å². The molecular formula is C20H24N4O3. The number of hydrogen-bond acceptors (Lipinski definition) is 4. The van der Waals surface area contributed by atoms with E-state index in [-0.39, 0.29) is 11.6 Å². The Kier molecular flexibility index (Phi) is 6.25. The monoisotopic (exact) mass is 368 g/mol. The summed E-state index contributed by atoms with van der Waals surface area (Å²) in [6.45, 7) is 3.05. The molecule has 0 radical (unpaired) electrons. The highest BCUT2D eigenvalue weighted by Gasteiger charge is 2.07. The molecule has 1 aromatic carbocycles. The molecule has 0 atom stereocenters. The van der Waals surface area contributed by atoms with Crippen molar-refractivity contribution in [3.05, 3.63) is 58.1 Å². The Balaban J connectivity index is 1.46. The van der Waals surface area contributed by atoms with Crippen LogP contribution in [0, 0.1) is 0 Å². The lowest BCUT2D eigenvalue weighted by Gasteiger charge is -2.10. The fourth-order valence-electron chi connectivity index (χ4n) is 2.86. The smallest absolute Gasteiger partial charge is 0.323 e. The Labute approximate surface area is 157 Å². The van der Waals surface area contributed by atoms with Crippen molar-refractivity contribution in [3.8, 4) is 5.88 Å². The summed E-state index contributed by atoms with van der Waals surface area (Å²) in [4.78, 5) is 33.1. The second-order valence-corrected chi connectivity index (χ2v) is 6.41. The number of carbonyl (C=O) groups excluding carboxylic acids is 1. The minimum absolute atomic E-state index is 0.00331. The summed E-state index contributed by atoms with van der Waals surface area (Å²) in [5, 5.41) is 2.92. The molecule has 27 heavy (non-hydrogen) atoms. The molecule has 7 heteroatoms. The SMILES string of the molecule is CCCOc1ncccc1CNC(=O)CCCc1ccc2[nH]c(=O)[nH]c2c1. The van der Waals surface area contributed by atoms with E-state index in [4.69, 9.17) is 4.74 Å². The first-order valence-corrected chi connectivity index (χ1v) is 9.20. The number of aromatic nitrogens is 3. The second kappa shape index (κ2) is 9.02. The topological polar surface area (TPSA) is 99.9 Å². The summed E-state index contributed by atoms with van der Waals surface area (Å²) in [7, 11) is 0. The van der Waals surface area contributed by atoms with Gasteiger partial charge in [-0.3, -0.25) is 4.79 Å². The third-order valence-corrected chi connectivity index (χ3v) is 4.22. The Morgan fingerprint density at radius 1 is 1.22 bits per heavy atom. The van der Waals surface area contributed by atoms with E-state index in [1.165, 1.54) is 0 Å². The van der Waals surface area contributed by atoms with E-state index in [1.54, 1.807) is 6.20 Å². The predicted molar refractivity (Wildman–Crippen MR) is 104 cm³/mol. The van der Waals surface area contributed by atoms with Gasteiger partial charge in [0.1, 0.15) is 0 Å². The fraction of sp³-hybridized carbons (Fsp3) is 0.350. The number of benzene rings is 1. The molecule has 0 saturated carbocycles. The molecule has 0 aliphatic carbocycles. The minimum Gasteiger partial charge on any atom is -0.477 e. The van der Waals surface area contributed by atoms with E-state index in [1.807, 2.05) is 37.3 Å². The van der Waals surface area contributed by atoms with Crippen molar-refractivity contribution >= 4 is 16.9 Å². The number of imidazole rings is 1. The minimum atomic E-state index is -0.209. The summed E-state index contributed by atoms with van der Waals surface area (Å²) in [6.07, 6.45) is 4.54. The standard InChI is InChI=1S/C20H24N4O3/c1-2-11-27-19-15(6-4-10-21-19)13-22-18(25)7-3-5-14-8-9-16-17(12-14)24-20(26)23-16/h4,6,8-10,12H,2-3,5,7,11,13H2,1H3,(H,22,25)(H2,23,24,26). The molecule has 1 amide bonds. The van der Waals surface area contributed by atoms with Crippen molar-refractivity contribution in [1.82, 2.24) is 20.3 Å². The molecule has 0 spiro atoms. The van der Waals surface area contributed by atoms with Crippen LogP contribution >= 0.6 is 0 Å². The van der Waals surface area contributed by atoms with Crippen molar-refractivity contribution in [2.24, 2.45) is 0 Å². The van der Waals surface area contributed by atoms with Crippen molar-refractivity contribution in [2.45, 2.75) is 39.2 Å². The normalized spacial score (nSPS) is 10.9. The van der Waals surface area contributed by atoms with Crippen LogP contribution in [0.1, 0.15) is 37.3 Å². The lowest BCUT2D eigenvalue weighted by Crippen LogP contribution is -2.23. The number of pyridine rings is 1. The molecule has 3 N–H and O–H groups in total. The predicted octanol–water partition coefficient (Wildman–Crippen LogP) is 2.68. The van der Waals surface area contributed by atoms with Gasteiger partial charge in [-0.15, -0.1) is 0 Å². The van der Waals surface area contributed by atoms with E-state index in [0.29, 0.717) is 25.5 Å². The number of amides is 1. The third kappa shape index (κ3) is 5.20. The Morgan fingerprint density at radius 3 is 2.93 bits per heavy atom. The zero-order chi connectivity index (χ0) is 19.1. The van der Waals surface area contributed by atoms with Crippen molar-refractivity contribution in [3.63, 3.8) is 0 Å². The molecule has 0 aliphatic heterocycles. The molecule has 3 aromatic rings. The molecule has 3 rings (SSSR count). The quantitative estimate of drug-likeness (QED) is 0.541. The first-order valence-electron chi connectivity index (χ1n) is 9.20. The number of H-pyrrole nitrogens is 2. The molecule has 7 nitrogen and oxygen atoms in total. The van der Waals surface area contributed by atoms with Gasteiger partial charge in [-0.2, -0.15) is 0 Å². The van der Waals surface area contributed by atoms with Gasteiger partial charge in [0.05, 0.1) is 17.6 Å². The van der Waals surface area contributed by atoms with Gasteiger partial charge in [-0.25, -0.2) is 9.78 Å². The highest BCUT2D eigenvalue weighted by atomic mass is 16.5. The van der Waals surface area contributed by atoms with E-state index < -0.39 is 0 Å². The zero-order valence-electron chi connectivity index (χ0n) is 15.4. The summed E-state index contributed by atoms with van der Waals surface area (Å²) >= 11 is 0. The van der Waals surface area contributed by atoms with Crippen molar-refractivity contribution < 1.29 is 9.53 Å². The molecule has 0 saturated heterocycles. The maximum Gasteiger partial charge on any atom is 0.323 e. The number of ether oxygens (including phenoxy) is 1. The van der Waals surface area contributed by atoms with Gasteiger partial charge in [-0.05, 0) is 43.0 Å². The van der Waals surface area contributed by atoms with Gasteiger partial charge in [0.25, 0.3) is 0 Å². The molecule has 2 heterocycles. The zero-order valence-corrected chi connectivity index (χ0v) is 15.4. The summed E-state index contributed by atoms with van der Waals surface area (Å²) in [5.41, 5.74) is 3.34. The Morgan fingerprint density at radius 2 is 2.07 bits per heavy atom. The maximum atomic E-state index is 12.1. The number of hydrogen-bond donors (Lipinski definition) is 3. The van der Waals surface area contributed by atoms with Crippen molar-refractivity contribution in [2.75, 3.05) is 6.61 Å². The van der Waals surface area contributed by atoms with Gasteiger partial charge in [0.15, 0.2) is 0 Å². The van der Waals surface area contributed by atoms with E-state index in [2.05, 4.69) is 20.3 Å². The van der Waals surface area contributed by atoms with Gasteiger partial charge >= 0.3 is 5.69 Å². The van der Waals surface area contributed by atoms with Crippen LogP contribution in [-0.2, 0) is 17.8 Å². The summed E-state index contributed by atoms with van der Waals surface area (Å²) < 4.78 is 5.60. The van der Waals surface area contributed by atoms with Crippen LogP contribution in [0.2, 0.25) is 0 Å².